The molecule has 4 nitrogen and oxygen atoms in total. The Morgan fingerprint density at radius 3 is 2.37 bits per heavy atom. The average Bonchev–Trinajstić information content (AvgIpc) is 2.59. The Balaban J connectivity index is 0.00000364. The highest BCUT2D eigenvalue weighted by molar-refractivity contribution is 5.87. The standard InChI is InChI=1S/C19H21F3N2O2.ClH/c1-13-8-9-14(16(10-13)26-12-19(20,21)22)11-24-17(25)18(2,23)15-6-4-3-5-7-15;/h3-10H,11-12,23H2,1-2H3,(H,24,25);1H. The van der Waals surface area contributed by atoms with Gasteiger partial charge in [0.25, 0.3) is 0 Å². The van der Waals surface area contributed by atoms with Gasteiger partial charge >= 0.3 is 6.18 Å². The Bertz CT molecular complexity index is 765. The van der Waals surface area contributed by atoms with E-state index in [1.54, 1.807) is 50.2 Å². The molecule has 8 heteroatoms. The molecule has 0 spiro atoms. The van der Waals surface area contributed by atoms with Crippen LogP contribution in [0.3, 0.4) is 0 Å². The molecule has 2 aromatic rings. The van der Waals surface area contributed by atoms with Gasteiger partial charge < -0.3 is 15.8 Å². The van der Waals surface area contributed by atoms with E-state index in [1.807, 2.05) is 6.07 Å². The molecule has 0 aliphatic rings. The minimum absolute atomic E-state index is 0. The number of carbonyl (C=O) groups excluding carboxylic acids is 1. The Kier molecular flexibility index (Phi) is 7.68. The van der Waals surface area contributed by atoms with Gasteiger partial charge in [-0.3, -0.25) is 4.79 Å². The molecule has 27 heavy (non-hydrogen) atoms. The Labute approximate surface area is 162 Å². The van der Waals surface area contributed by atoms with Crippen molar-refractivity contribution in [1.29, 1.82) is 0 Å². The lowest BCUT2D eigenvalue weighted by molar-refractivity contribution is -0.153. The summed E-state index contributed by atoms with van der Waals surface area (Å²) in [6, 6.07) is 13.7. The van der Waals surface area contributed by atoms with E-state index in [0.29, 0.717) is 11.1 Å². The molecule has 1 unspecified atom stereocenters. The van der Waals surface area contributed by atoms with Crippen molar-refractivity contribution < 1.29 is 22.7 Å². The van der Waals surface area contributed by atoms with Gasteiger partial charge in [-0.2, -0.15) is 13.2 Å². The zero-order chi connectivity index (χ0) is 19.4. The molecule has 0 aromatic heterocycles. The third-order valence-corrected chi connectivity index (χ3v) is 3.90. The number of nitrogens with two attached hydrogens (primary N) is 1. The first-order valence-electron chi connectivity index (χ1n) is 8.01. The maximum absolute atomic E-state index is 12.5. The predicted octanol–water partition coefficient (Wildman–Crippen LogP) is 3.85. The summed E-state index contributed by atoms with van der Waals surface area (Å²) >= 11 is 0. The molecule has 1 amide bonds. The normalized spacial score (nSPS) is 13.3. The molecule has 0 heterocycles. The lowest BCUT2D eigenvalue weighted by Gasteiger charge is -2.24. The Hall–Kier alpha value is -2.25. The number of hydrogen-bond donors (Lipinski definition) is 2. The summed E-state index contributed by atoms with van der Waals surface area (Å²) in [6.07, 6.45) is -4.44. The van der Waals surface area contributed by atoms with Crippen LogP contribution < -0.4 is 15.8 Å². The molecule has 0 bridgehead atoms. The monoisotopic (exact) mass is 402 g/mol. The lowest BCUT2D eigenvalue weighted by Crippen LogP contribution is -2.48. The summed E-state index contributed by atoms with van der Waals surface area (Å²) in [7, 11) is 0. The van der Waals surface area contributed by atoms with Crippen LogP contribution >= 0.6 is 12.4 Å². The van der Waals surface area contributed by atoms with E-state index in [-0.39, 0.29) is 24.7 Å². The van der Waals surface area contributed by atoms with E-state index in [0.717, 1.165) is 5.56 Å². The molecule has 3 N–H and O–H groups in total. The highest BCUT2D eigenvalue weighted by atomic mass is 35.5. The number of ether oxygens (including phenoxy) is 1. The van der Waals surface area contributed by atoms with Crippen LogP contribution in [-0.2, 0) is 16.9 Å². The lowest BCUT2D eigenvalue weighted by atomic mass is 9.92. The van der Waals surface area contributed by atoms with Gasteiger partial charge in [0.1, 0.15) is 11.3 Å². The van der Waals surface area contributed by atoms with Gasteiger partial charge in [0, 0.05) is 12.1 Å². The SMILES string of the molecule is Cc1ccc(CNC(=O)C(C)(N)c2ccccc2)c(OCC(F)(F)F)c1.Cl. The maximum atomic E-state index is 12.5. The molecule has 2 aromatic carbocycles. The number of alkyl halides is 3. The fraction of sp³-hybridized carbons (Fsp3) is 0.316. The second kappa shape index (κ2) is 9.10. The van der Waals surface area contributed by atoms with Crippen molar-refractivity contribution in [2.45, 2.75) is 32.1 Å². The van der Waals surface area contributed by atoms with Crippen LogP contribution in [0.15, 0.2) is 48.5 Å². The topological polar surface area (TPSA) is 64.4 Å². The number of carbonyl (C=O) groups is 1. The van der Waals surface area contributed by atoms with E-state index in [1.165, 1.54) is 6.07 Å². The van der Waals surface area contributed by atoms with E-state index in [2.05, 4.69) is 5.32 Å². The summed E-state index contributed by atoms with van der Waals surface area (Å²) in [4.78, 5) is 12.5. The smallest absolute Gasteiger partial charge is 0.422 e. The van der Waals surface area contributed by atoms with Crippen molar-refractivity contribution in [2.24, 2.45) is 5.73 Å². The summed E-state index contributed by atoms with van der Waals surface area (Å²) in [5.41, 5.74) is 6.70. The van der Waals surface area contributed by atoms with E-state index < -0.39 is 24.2 Å². The quantitative estimate of drug-likeness (QED) is 0.771. The zero-order valence-electron chi connectivity index (χ0n) is 15.0. The van der Waals surface area contributed by atoms with Crippen LogP contribution in [-0.4, -0.2) is 18.7 Å². The van der Waals surface area contributed by atoms with Gasteiger partial charge in [-0.1, -0.05) is 42.5 Å². The van der Waals surface area contributed by atoms with E-state index in [4.69, 9.17) is 10.5 Å². The second-order valence-corrected chi connectivity index (χ2v) is 6.27. The van der Waals surface area contributed by atoms with Crippen LogP contribution in [0.4, 0.5) is 13.2 Å². The number of halogens is 4. The second-order valence-electron chi connectivity index (χ2n) is 6.27. The van der Waals surface area contributed by atoms with Crippen molar-refractivity contribution in [1.82, 2.24) is 5.32 Å². The van der Waals surface area contributed by atoms with Crippen LogP contribution in [0.25, 0.3) is 0 Å². The average molecular weight is 403 g/mol. The van der Waals surface area contributed by atoms with Crippen LogP contribution in [0.5, 0.6) is 5.75 Å². The molecule has 0 saturated carbocycles. The molecule has 1 atom stereocenters. The molecule has 0 radical (unpaired) electrons. The molecule has 0 aliphatic carbocycles. The predicted molar refractivity (Wildman–Crippen MR) is 99.8 cm³/mol. The Morgan fingerprint density at radius 1 is 1.15 bits per heavy atom. The molecular weight excluding hydrogens is 381 g/mol. The van der Waals surface area contributed by atoms with Crippen molar-refractivity contribution in [3.63, 3.8) is 0 Å². The fourth-order valence-electron chi connectivity index (χ4n) is 2.38. The van der Waals surface area contributed by atoms with Gasteiger partial charge in [0.2, 0.25) is 5.91 Å². The molecular formula is C19H22ClF3N2O2. The van der Waals surface area contributed by atoms with Crippen molar-refractivity contribution in [3.8, 4) is 5.75 Å². The first-order chi connectivity index (χ1) is 12.1. The first kappa shape index (κ1) is 22.8. The van der Waals surface area contributed by atoms with Gasteiger partial charge in [0.05, 0.1) is 0 Å². The minimum Gasteiger partial charge on any atom is -0.484 e. The summed E-state index contributed by atoms with van der Waals surface area (Å²) in [5.74, 6) is -0.355. The zero-order valence-corrected chi connectivity index (χ0v) is 15.8. The van der Waals surface area contributed by atoms with Crippen molar-refractivity contribution in [3.05, 3.63) is 65.2 Å². The third-order valence-electron chi connectivity index (χ3n) is 3.90. The molecule has 148 valence electrons. The highest BCUT2D eigenvalue weighted by Gasteiger charge is 2.31. The summed E-state index contributed by atoms with van der Waals surface area (Å²) in [6.45, 7) is 1.94. The number of nitrogens with one attached hydrogen (secondary N) is 1. The van der Waals surface area contributed by atoms with E-state index in [9.17, 15) is 18.0 Å². The Morgan fingerprint density at radius 2 is 1.78 bits per heavy atom. The summed E-state index contributed by atoms with van der Waals surface area (Å²) < 4.78 is 42.1. The number of rotatable bonds is 6. The number of aryl methyl sites for hydroxylation is 1. The van der Waals surface area contributed by atoms with Crippen molar-refractivity contribution in [2.75, 3.05) is 6.61 Å². The number of hydrogen-bond acceptors (Lipinski definition) is 3. The van der Waals surface area contributed by atoms with Gasteiger partial charge in [-0.15, -0.1) is 12.4 Å². The number of benzene rings is 2. The largest absolute Gasteiger partial charge is 0.484 e. The minimum atomic E-state index is -4.44. The van der Waals surface area contributed by atoms with Crippen LogP contribution in [0.2, 0.25) is 0 Å². The summed E-state index contributed by atoms with van der Waals surface area (Å²) in [5, 5.41) is 2.67. The third kappa shape index (κ3) is 6.45. The van der Waals surface area contributed by atoms with Gasteiger partial charge in [-0.25, -0.2) is 0 Å². The van der Waals surface area contributed by atoms with Crippen LogP contribution in [0, 0.1) is 6.92 Å². The van der Waals surface area contributed by atoms with Crippen LogP contribution in [0.1, 0.15) is 23.6 Å². The molecule has 0 fully saturated rings. The molecule has 0 saturated heterocycles. The van der Waals surface area contributed by atoms with E-state index >= 15 is 0 Å². The highest BCUT2D eigenvalue weighted by Crippen LogP contribution is 2.24. The van der Waals surface area contributed by atoms with Gasteiger partial charge in [-0.05, 0) is 31.0 Å². The number of amides is 1. The molecule has 0 aliphatic heterocycles. The molecule has 2 rings (SSSR count). The maximum Gasteiger partial charge on any atom is 0.422 e. The van der Waals surface area contributed by atoms with Gasteiger partial charge in [0.15, 0.2) is 6.61 Å². The fourth-order valence-corrected chi connectivity index (χ4v) is 2.38. The first-order valence-corrected chi connectivity index (χ1v) is 8.01. The van der Waals surface area contributed by atoms with Crippen molar-refractivity contribution >= 4 is 18.3 Å².